The van der Waals surface area contributed by atoms with Gasteiger partial charge in [0.2, 0.25) is 0 Å². The molecule has 3 heteroatoms. The summed E-state index contributed by atoms with van der Waals surface area (Å²) in [6.45, 7) is 5.74. The smallest absolute Gasteiger partial charge is 0.166 e. The van der Waals surface area contributed by atoms with Crippen LogP contribution in [0, 0.1) is 0 Å². The number of ketones is 1. The van der Waals surface area contributed by atoms with Crippen LogP contribution >= 0.6 is 0 Å². The fourth-order valence-electron chi connectivity index (χ4n) is 1.71. The molecule has 0 saturated heterocycles. The van der Waals surface area contributed by atoms with Gasteiger partial charge in [-0.15, -0.1) is 0 Å². The molecule has 1 atom stereocenters. The zero-order chi connectivity index (χ0) is 11.8. The molecule has 1 aromatic rings. The predicted octanol–water partition coefficient (Wildman–Crippen LogP) is 3.06. The van der Waals surface area contributed by atoms with E-state index in [0.29, 0.717) is 6.42 Å². The van der Waals surface area contributed by atoms with Crippen LogP contribution in [0.3, 0.4) is 0 Å². The summed E-state index contributed by atoms with van der Waals surface area (Å²) in [7, 11) is 0. The third kappa shape index (κ3) is 2.31. The van der Waals surface area contributed by atoms with Gasteiger partial charge in [0.05, 0.1) is 5.60 Å². The number of carbonyl (C=O) groups is 1. The lowest BCUT2D eigenvalue weighted by molar-refractivity contribution is -0.374. The SMILES string of the molecule is CC(C)(C)OOC1CC(=O)c2ccccc21. The van der Waals surface area contributed by atoms with Crippen molar-refractivity contribution in [1.82, 2.24) is 0 Å². The summed E-state index contributed by atoms with van der Waals surface area (Å²) in [4.78, 5) is 22.3. The Bertz CT molecular complexity index is 404. The first-order valence-corrected chi connectivity index (χ1v) is 5.44. The fraction of sp³-hybridized carbons (Fsp3) is 0.462. The first-order valence-electron chi connectivity index (χ1n) is 5.44. The topological polar surface area (TPSA) is 35.5 Å². The summed E-state index contributed by atoms with van der Waals surface area (Å²) in [5, 5.41) is 0. The summed E-state index contributed by atoms with van der Waals surface area (Å²) in [6, 6.07) is 7.52. The lowest BCUT2D eigenvalue weighted by Crippen LogP contribution is -2.20. The van der Waals surface area contributed by atoms with Gasteiger partial charge < -0.3 is 0 Å². The Labute approximate surface area is 95.3 Å². The molecule has 0 aromatic heterocycles. The Morgan fingerprint density at radius 1 is 1.25 bits per heavy atom. The van der Waals surface area contributed by atoms with Gasteiger partial charge >= 0.3 is 0 Å². The average Bonchev–Trinajstić information content (AvgIpc) is 2.53. The maximum atomic E-state index is 11.7. The number of fused-ring (bicyclic) bond motifs is 1. The minimum Gasteiger partial charge on any atom is -0.294 e. The summed E-state index contributed by atoms with van der Waals surface area (Å²) in [6.07, 6.45) is 0.109. The van der Waals surface area contributed by atoms with E-state index in [9.17, 15) is 4.79 Å². The molecule has 0 heterocycles. The number of carbonyl (C=O) groups excluding carboxylic acids is 1. The fourth-order valence-corrected chi connectivity index (χ4v) is 1.71. The highest BCUT2D eigenvalue weighted by molar-refractivity contribution is 6.00. The van der Waals surface area contributed by atoms with Crippen LogP contribution in [0.2, 0.25) is 0 Å². The molecule has 1 aliphatic rings. The van der Waals surface area contributed by atoms with Gasteiger partial charge in [-0.25, -0.2) is 9.78 Å². The molecular formula is C13H16O3. The van der Waals surface area contributed by atoms with Crippen molar-refractivity contribution >= 4 is 5.78 Å². The van der Waals surface area contributed by atoms with E-state index in [0.717, 1.165) is 11.1 Å². The molecule has 0 radical (unpaired) electrons. The average molecular weight is 220 g/mol. The zero-order valence-electron chi connectivity index (χ0n) is 9.82. The van der Waals surface area contributed by atoms with Gasteiger partial charge in [-0.1, -0.05) is 24.3 Å². The van der Waals surface area contributed by atoms with E-state index in [4.69, 9.17) is 9.78 Å². The first kappa shape index (κ1) is 11.3. The third-order valence-corrected chi connectivity index (χ3v) is 2.39. The monoisotopic (exact) mass is 220 g/mol. The standard InChI is InChI=1S/C13H16O3/c1-13(2,3)16-15-12-8-11(14)9-6-4-5-7-10(9)12/h4-7,12H,8H2,1-3H3. The van der Waals surface area contributed by atoms with Crippen molar-refractivity contribution < 1.29 is 14.6 Å². The van der Waals surface area contributed by atoms with Gasteiger partial charge in [0.25, 0.3) is 0 Å². The van der Waals surface area contributed by atoms with Crippen molar-refractivity contribution in [1.29, 1.82) is 0 Å². The van der Waals surface area contributed by atoms with Gasteiger partial charge in [-0.2, -0.15) is 0 Å². The van der Waals surface area contributed by atoms with E-state index in [-0.39, 0.29) is 17.5 Å². The van der Waals surface area contributed by atoms with E-state index in [1.165, 1.54) is 0 Å². The Hall–Kier alpha value is -1.19. The molecule has 1 aromatic carbocycles. The van der Waals surface area contributed by atoms with Crippen molar-refractivity contribution in [3.8, 4) is 0 Å². The Balaban J connectivity index is 2.12. The normalized spacial score (nSPS) is 19.9. The van der Waals surface area contributed by atoms with Gasteiger partial charge in [0, 0.05) is 12.0 Å². The second kappa shape index (κ2) is 4.00. The molecular weight excluding hydrogens is 204 g/mol. The maximum absolute atomic E-state index is 11.7. The van der Waals surface area contributed by atoms with E-state index < -0.39 is 0 Å². The van der Waals surface area contributed by atoms with Crippen LogP contribution in [0.25, 0.3) is 0 Å². The quantitative estimate of drug-likeness (QED) is 0.567. The molecule has 86 valence electrons. The predicted molar refractivity (Wildman–Crippen MR) is 60.1 cm³/mol. The number of hydrogen-bond acceptors (Lipinski definition) is 3. The lowest BCUT2D eigenvalue weighted by Gasteiger charge is -2.20. The summed E-state index contributed by atoms with van der Waals surface area (Å²) in [5.41, 5.74) is 1.32. The highest BCUT2D eigenvalue weighted by Gasteiger charge is 2.31. The number of benzene rings is 1. The summed E-state index contributed by atoms with van der Waals surface area (Å²) >= 11 is 0. The molecule has 0 N–H and O–H groups in total. The van der Waals surface area contributed by atoms with E-state index in [1.54, 1.807) is 0 Å². The molecule has 1 aliphatic carbocycles. The van der Waals surface area contributed by atoms with Crippen molar-refractivity contribution in [3.63, 3.8) is 0 Å². The second-order valence-electron chi connectivity index (χ2n) is 5.00. The second-order valence-corrected chi connectivity index (χ2v) is 5.00. The molecule has 0 saturated carbocycles. The molecule has 2 rings (SSSR count). The van der Waals surface area contributed by atoms with Crippen molar-refractivity contribution in [2.24, 2.45) is 0 Å². The zero-order valence-corrected chi connectivity index (χ0v) is 9.82. The van der Waals surface area contributed by atoms with Crippen LogP contribution in [0.4, 0.5) is 0 Å². The minimum atomic E-state index is -0.361. The van der Waals surface area contributed by atoms with Gasteiger partial charge in [-0.3, -0.25) is 4.79 Å². The van der Waals surface area contributed by atoms with Crippen LogP contribution in [-0.2, 0) is 9.78 Å². The Kier molecular flexibility index (Phi) is 2.82. The van der Waals surface area contributed by atoms with Crippen LogP contribution < -0.4 is 0 Å². The molecule has 0 amide bonds. The largest absolute Gasteiger partial charge is 0.294 e. The van der Waals surface area contributed by atoms with E-state index in [2.05, 4.69) is 0 Å². The van der Waals surface area contributed by atoms with Gasteiger partial charge in [-0.05, 0) is 26.3 Å². The lowest BCUT2D eigenvalue weighted by atomic mass is 10.1. The molecule has 0 fully saturated rings. The summed E-state index contributed by atoms with van der Waals surface area (Å²) in [5.74, 6) is 0.123. The maximum Gasteiger partial charge on any atom is 0.166 e. The van der Waals surface area contributed by atoms with Gasteiger partial charge in [0.1, 0.15) is 6.10 Å². The molecule has 0 aliphatic heterocycles. The molecule has 0 bridgehead atoms. The first-order chi connectivity index (χ1) is 7.47. The number of Topliss-reactive ketones (excluding diaryl/α,β-unsaturated/α-hetero) is 1. The Morgan fingerprint density at radius 3 is 2.62 bits per heavy atom. The number of hydrogen-bond donors (Lipinski definition) is 0. The number of rotatable bonds is 2. The molecule has 1 unspecified atom stereocenters. The third-order valence-electron chi connectivity index (χ3n) is 2.39. The van der Waals surface area contributed by atoms with Crippen LogP contribution in [0.15, 0.2) is 24.3 Å². The highest BCUT2D eigenvalue weighted by atomic mass is 17.2. The molecule has 3 nitrogen and oxygen atoms in total. The highest BCUT2D eigenvalue weighted by Crippen LogP contribution is 2.34. The van der Waals surface area contributed by atoms with Crippen molar-refractivity contribution in [3.05, 3.63) is 35.4 Å². The summed E-state index contributed by atoms with van der Waals surface area (Å²) < 4.78 is 0. The molecule has 0 spiro atoms. The van der Waals surface area contributed by atoms with Crippen molar-refractivity contribution in [2.45, 2.75) is 38.9 Å². The van der Waals surface area contributed by atoms with Crippen LogP contribution in [0.1, 0.15) is 49.2 Å². The molecule has 16 heavy (non-hydrogen) atoms. The van der Waals surface area contributed by atoms with E-state index >= 15 is 0 Å². The van der Waals surface area contributed by atoms with Crippen LogP contribution in [-0.4, -0.2) is 11.4 Å². The van der Waals surface area contributed by atoms with Crippen molar-refractivity contribution in [2.75, 3.05) is 0 Å². The minimum absolute atomic E-state index is 0.123. The Morgan fingerprint density at radius 2 is 1.94 bits per heavy atom. The van der Waals surface area contributed by atoms with E-state index in [1.807, 2.05) is 45.0 Å². The van der Waals surface area contributed by atoms with Crippen LogP contribution in [0.5, 0.6) is 0 Å². The van der Waals surface area contributed by atoms with Gasteiger partial charge in [0.15, 0.2) is 5.78 Å².